The molecule has 0 aromatic rings. The number of rotatable bonds is 8. The average molecular weight is 508 g/mol. The lowest BCUT2D eigenvalue weighted by molar-refractivity contribution is -0.141. The first-order chi connectivity index (χ1) is 15.9. The van der Waals surface area contributed by atoms with E-state index in [2.05, 4.69) is 10.1 Å². The largest absolute Gasteiger partial charge is 0.326 e. The number of carbonyl (C=O) groups excluding carboxylic acids is 2. The second kappa shape index (κ2) is 8.31. The van der Waals surface area contributed by atoms with E-state index < -0.39 is 63.2 Å². The van der Waals surface area contributed by atoms with Gasteiger partial charge >= 0.3 is 6.03 Å². The molecule has 5 aliphatic rings. The monoisotopic (exact) mass is 507 g/mol. The molecule has 3 saturated carbocycles. The van der Waals surface area contributed by atoms with Crippen LogP contribution in [0.4, 0.5) is 18.0 Å². The number of urea groups is 1. The number of hydrazine groups is 1. The van der Waals surface area contributed by atoms with Crippen molar-refractivity contribution in [2.75, 3.05) is 39.9 Å². The maximum Gasteiger partial charge on any atom is 0.326 e. The van der Waals surface area contributed by atoms with E-state index in [9.17, 15) is 31.2 Å². The number of sulfonamides is 1. The van der Waals surface area contributed by atoms with Crippen molar-refractivity contribution in [3.05, 3.63) is 0 Å². The minimum atomic E-state index is -3.87. The van der Waals surface area contributed by atoms with Crippen LogP contribution in [0.1, 0.15) is 38.5 Å². The van der Waals surface area contributed by atoms with Crippen LogP contribution in [0.3, 0.4) is 0 Å². The molecule has 0 bridgehead atoms. The van der Waals surface area contributed by atoms with Crippen LogP contribution in [0.5, 0.6) is 0 Å². The Morgan fingerprint density at radius 3 is 2.44 bits per heavy atom. The minimum absolute atomic E-state index is 0.00857. The third-order valence-corrected chi connectivity index (χ3v) is 10.2. The van der Waals surface area contributed by atoms with Crippen molar-refractivity contribution >= 4 is 22.0 Å². The van der Waals surface area contributed by atoms with E-state index >= 15 is 0 Å². The van der Waals surface area contributed by atoms with Gasteiger partial charge in [0.1, 0.15) is 6.67 Å². The molecule has 5 unspecified atom stereocenters. The molecule has 5 atom stereocenters. The van der Waals surface area contributed by atoms with E-state index in [1.807, 2.05) is 12.1 Å². The Morgan fingerprint density at radius 2 is 1.88 bits per heavy atom. The molecule has 0 spiro atoms. The summed E-state index contributed by atoms with van der Waals surface area (Å²) in [7, 11) is -2.02. The Bertz CT molecular complexity index is 962. The zero-order chi connectivity index (χ0) is 24.5. The quantitative estimate of drug-likeness (QED) is 0.507. The van der Waals surface area contributed by atoms with Crippen LogP contribution >= 0.6 is 0 Å². The van der Waals surface area contributed by atoms with Gasteiger partial charge in [-0.1, -0.05) is 0 Å². The molecule has 5 rings (SSSR count). The van der Waals surface area contributed by atoms with Crippen LogP contribution in [-0.2, 0) is 14.8 Å². The van der Waals surface area contributed by atoms with Gasteiger partial charge in [-0.25, -0.2) is 36.1 Å². The second-order valence-electron chi connectivity index (χ2n) is 10.8. The fourth-order valence-corrected chi connectivity index (χ4v) is 7.63. The first-order valence-corrected chi connectivity index (χ1v) is 13.5. The molecule has 0 radical (unpaired) electrons. The molecule has 2 aliphatic heterocycles. The first kappa shape index (κ1) is 24.3. The summed E-state index contributed by atoms with van der Waals surface area (Å²) in [5.41, 5.74) is 2.09. The van der Waals surface area contributed by atoms with Crippen molar-refractivity contribution < 1.29 is 31.2 Å². The summed E-state index contributed by atoms with van der Waals surface area (Å²) in [6.07, 6.45) is 1.01. The molecule has 2 N–H and O–H groups in total. The highest BCUT2D eigenvalue weighted by atomic mass is 32.2. The lowest BCUT2D eigenvalue weighted by Crippen LogP contribution is -2.65. The van der Waals surface area contributed by atoms with E-state index in [0.717, 1.165) is 4.90 Å². The predicted molar refractivity (Wildman–Crippen MR) is 116 cm³/mol. The van der Waals surface area contributed by atoms with E-state index in [4.69, 9.17) is 0 Å². The van der Waals surface area contributed by atoms with Crippen LogP contribution in [0.15, 0.2) is 0 Å². The zero-order valence-corrected chi connectivity index (χ0v) is 20.0. The maximum absolute atomic E-state index is 13.7. The fraction of sp³-hybridized carbons (Fsp3) is 0.905. The van der Waals surface area contributed by atoms with Gasteiger partial charge < -0.3 is 4.90 Å². The zero-order valence-electron chi connectivity index (χ0n) is 19.2. The Labute approximate surface area is 197 Å². The molecular formula is C21H32F3N5O4S. The Hall–Kier alpha value is -1.44. The van der Waals surface area contributed by atoms with E-state index in [0.29, 0.717) is 25.9 Å². The lowest BCUT2D eigenvalue weighted by atomic mass is 9.80. The average Bonchev–Trinajstić information content (AvgIpc) is 3.63. The van der Waals surface area contributed by atoms with Crippen LogP contribution in [-0.4, -0.2) is 97.8 Å². The molecular weight excluding hydrogens is 475 g/mol. The minimum Gasteiger partial charge on any atom is -0.320 e. The van der Waals surface area contributed by atoms with Gasteiger partial charge in [-0.05, 0) is 32.1 Å². The fourth-order valence-electron chi connectivity index (χ4n) is 5.70. The molecule has 9 nitrogen and oxygen atoms in total. The highest BCUT2D eigenvalue weighted by molar-refractivity contribution is 7.90. The molecule has 3 aliphatic carbocycles. The van der Waals surface area contributed by atoms with Crippen molar-refractivity contribution in [1.29, 1.82) is 0 Å². The molecule has 192 valence electrons. The van der Waals surface area contributed by atoms with E-state index in [1.165, 1.54) is 4.90 Å². The van der Waals surface area contributed by atoms with Crippen LogP contribution in [0.25, 0.3) is 0 Å². The second-order valence-corrected chi connectivity index (χ2v) is 12.8. The summed E-state index contributed by atoms with van der Waals surface area (Å²) < 4.78 is 69.2. The molecule has 34 heavy (non-hydrogen) atoms. The number of nitrogens with zero attached hydrogens (tertiary/aromatic N) is 3. The number of carbonyl (C=O) groups is 2. The highest BCUT2D eigenvalue weighted by Crippen LogP contribution is 2.50. The number of imide groups is 1. The van der Waals surface area contributed by atoms with Crippen molar-refractivity contribution in [2.24, 2.45) is 17.8 Å². The molecule has 0 aromatic carbocycles. The van der Waals surface area contributed by atoms with Crippen LogP contribution in [0, 0.1) is 17.8 Å². The van der Waals surface area contributed by atoms with Gasteiger partial charge in [-0.15, -0.1) is 0 Å². The number of hydrogen-bond acceptors (Lipinski definition) is 6. The SMILES string of the molecule is CN1CC(CN2C(=O)C3CC(S(=O)(=O)NC4(CF)CC4)CCC3N(CC3CC3(F)F)C2=O)CN1. The number of hydrogen-bond donors (Lipinski definition) is 2. The summed E-state index contributed by atoms with van der Waals surface area (Å²) in [5, 5.41) is 0.975. The van der Waals surface area contributed by atoms with Gasteiger partial charge in [-0.2, -0.15) is 0 Å². The summed E-state index contributed by atoms with van der Waals surface area (Å²) in [5.74, 6) is -4.98. The first-order valence-electron chi connectivity index (χ1n) is 12.0. The standard InChI is InChI=1S/C21H32F3N5O4S/c1-27-9-13(8-25-27)10-29-18(30)16-6-15(34(32,33)26-20(12-22)4-5-20)2-3-17(16)28(19(29)31)11-14-7-21(14,23)24/h13-17,25-26H,2-12H2,1H3. The van der Waals surface area contributed by atoms with Gasteiger partial charge in [0, 0.05) is 57.5 Å². The molecule has 13 heteroatoms. The summed E-state index contributed by atoms with van der Waals surface area (Å²) >= 11 is 0. The summed E-state index contributed by atoms with van der Waals surface area (Å²) in [6.45, 7) is 0.433. The molecule has 2 saturated heterocycles. The van der Waals surface area contributed by atoms with Crippen LogP contribution < -0.4 is 10.1 Å². The van der Waals surface area contributed by atoms with Gasteiger partial charge in [0.2, 0.25) is 15.9 Å². The molecule has 5 fully saturated rings. The number of fused-ring (bicyclic) bond motifs is 1. The van der Waals surface area contributed by atoms with Crippen molar-refractivity contribution in [2.45, 2.75) is 61.3 Å². The Kier molecular flexibility index (Phi) is 5.93. The maximum atomic E-state index is 13.7. The topological polar surface area (TPSA) is 102 Å². The van der Waals surface area contributed by atoms with Crippen molar-refractivity contribution in [3.8, 4) is 0 Å². The third kappa shape index (κ3) is 4.44. The van der Waals surface area contributed by atoms with E-state index in [1.54, 1.807) is 0 Å². The number of alkyl halides is 3. The summed E-state index contributed by atoms with van der Waals surface area (Å²) in [4.78, 5) is 29.3. The molecule has 3 amide bonds. The molecule has 2 heterocycles. The van der Waals surface area contributed by atoms with Gasteiger partial charge in [-0.3, -0.25) is 15.1 Å². The van der Waals surface area contributed by atoms with Gasteiger partial charge in [0.25, 0.3) is 5.92 Å². The van der Waals surface area contributed by atoms with E-state index in [-0.39, 0.29) is 44.7 Å². The van der Waals surface area contributed by atoms with Gasteiger partial charge in [0.05, 0.1) is 16.7 Å². The van der Waals surface area contributed by atoms with Gasteiger partial charge in [0.15, 0.2) is 0 Å². The van der Waals surface area contributed by atoms with Crippen molar-refractivity contribution in [1.82, 2.24) is 25.0 Å². The third-order valence-electron chi connectivity index (χ3n) is 8.13. The van der Waals surface area contributed by atoms with Crippen molar-refractivity contribution in [3.63, 3.8) is 0 Å². The number of halogens is 3. The number of nitrogens with one attached hydrogen (secondary N) is 2. The highest BCUT2D eigenvalue weighted by Gasteiger charge is 2.60. The summed E-state index contributed by atoms with van der Waals surface area (Å²) in [6, 6.07) is -1.16. The smallest absolute Gasteiger partial charge is 0.320 e. The lowest BCUT2D eigenvalue weighted by Gasteiger charge is -2.48. The predicted octanol–water partition coefficient (Wildman–Crippen LogP) is 0.931. The Balaban J connectivity index is 1.36. The number of amides is 3. The normalized spacial score (nSPS) is 37.1. The Morgan fingerprint density at radius 1 is 1.18 bits per heavy atom. The van der Waals surface area contributed by atoms with Crippen LogP contribution in [0.2, 0.25) is 0 Å². The molecule has 0 aromatic heterocycles.